The minimum Gasteiger partial charge on any atom is -0.378 e. The van der Waals surface area contributed by atoms with E-state index >= 15 is 0 Å². The van der Waals surface area contributed by atoms with Crippen LogP contribution in [0.3, 0.4) is 0 Å². The average Bonchev–Trinajstić information content (AvgIpc) is 2.63. The van der Waals surface area contributed by atoms with Crippen LogP contribution in [-0.2, 0) is 0 Å². The minimum atomic E-state index is -0.551. The molecular formula is C9H8N4O2S2. The number of rotatable bonds is 3. The van der Waals surface area contributed by atoms with Gasteiger partial charge in [-0.2, -0.15) is 0 Å². The Morgan fingerprint density at radius 2 is 2.24 bits per heavy atom. The lowest BCUT2D eigenvalue weighted by Gasteiger charge is -1.99. The van der Waals surface area contributed by atoms with Gasteiger partial charge in [0, 0.05) is 17.1 Å². The van der Waals surface area contributed by atoms with Crippen molar-refractivity contribution in [2.75, 3.05) is 5.73 Å². The van der Waals surface area contributed by atoms with Crippen molar-refractivity contribution < 1.29 is 4.92 Å². The Morgan fingerprint density at radius 1 is 1.47 bits per heavy atom. The first-order valence-corrected chi connectivity index (χ1v) is 6.27. The van der Waals surface area contributed by atoms with E-state index in [-0.39, 0.29) is 11.5 Å². The van der Waals surface area contributed by atoms with Crippen molar-refractivity contribution in [3.8, 4) is 0 Å². The first-order valence-electron chi connectivity index (χ1n) is 4.57. The molecule has 2 aromatic rings. The van der Waals surface area contributed by atoms with E-state index < -0.39 is 4.92 Å². The molecule has 0 aliphatic rings. The summed E-state index contributed by atoms with van der Waals surface area (Å²) in [6.45, 7) is 1.90. The molecule has 0 aliphatic heterocycles. The van der Waals surface area contributed by atoms with Crippen LogP contribution < -0.4 is 5.73 Å². The molecule has 0 saturated carbocycles. The van der Waals surface area contributed by atoms with Crippen LogP contribution in [-0.4, -0.2) is 14.9 Å². The molecule has 2 N–H and O–H groups in total. The van der Waals surface area contributed by atoms with Crippen LogP contribution in [0.5, 0.6) is 0 Å². The second-order valence-corrected chi connectivity index (χ2v) is 5.29. The number of hydrogen-bond acceptors (Lipinski definition) is 7. The van der Waals surface area contributed by atoms with Crippen molar-refractivity contribution in [3.05, 3.63) is 33.3 Å². The van der Waals surface area contributed by atoms with Crippen molar-refractivity contribution in [2.45, 2.75) is 16.3 Å². The molecule has 2 heterocycles. The summed E-state index contributed by atoms with van der Waals surface area (Å²) < 4.78 is 0.836. The highest BCUT2D eigenvalue weighted by Crippen LogP contribution is 2.31. The SMILES string of the molecule is Cc1csc(Sc2ccc([N+](=O)[O-])c(N)n2)n1. The Labute approximate surface area is 105 Å². The van der Waals surface area contributed by atoms with E-state index in [0.717, 1.165) is 10.0 Å². The Hall–Kier alpha value is -1.67. The predicted octanol–water partition coefficient (Wildman–Crippen LogP) is 2.49. The molecule has 0 fully saturated rings. The summed E-state index contributed by atoms with van der Waals surface area (Å²) in [6.07, 6.45) is 0. The van der Waals surface area contributed by atoms with Gasteiger partial charge in [-0.3, -0.25) is 10.1 Å². The highest BCUT2D eigenvalue weighted by molar-refractivity contribution is 8.01. The lowest BCUT2D eigenvalue weighted by Crippen LogP contribution is -1.98. The van der Waals surface area contributed by atoms with Gasteiger partial charge in [-0.25, -0.2) is 9.97 Å². The Kier molecular flexibility index (Phi) is 3.25. The van der Waals surface area contributed by atoms with Crippen molar-refractivity contribution in [2.24, 2.45) is 0 Å². The molecular weight excluding hydrogens is 260 g/mol. The Bertz CT molecular complexity index is 570. The predicted molar refractivity (Wildman–Crippen MR) is 66.3 cm³/mol. The highest BCUT2D eigenvalue weighted by atomic mass is 32.2. The molecule has 0 aliphatic carbocycles. The van der Waals surface area contributed by atoms with Crippen LogP contribution in [0.15, 0.2) is 26.9 Å². The largest absolute Gasteiger partial charge is 0.378 e. The fourth-order valence-electron chi connectivity index (χ4n) is 1.13. The fourth-order valence-corrected chi connectivity index (χ4v) is 2.89. The maximum atomic E-state index is 10.6. The van der Waals surface area contributed by atoms with Crippen LogP contribution in [0.4, 0.5) is 11.5 Å². The van der Waals surface area contributed by atoms with Gasteiger partial charge in [0.05, 0.1) is 4.92 Å². The van der Waals surface area contributed by atoms with Crippen LogP contribution in [0.1, 0.15) is 5.69 Å². The van der Waals surface area contributed by atoms with E-state index in [4.69, 9.17) is 5.73 Å². The number of aromatic nitrogens is 2. The number of thiazole rings is 1. The van der Waals surface area contributed by atoms with E-state index in [1.54, 1.807) is 6.07 Å². The van der Waals surface area contributed by atoms with Gasteiger partial charge in [-0.1, -0.05) is 0 Å². The fraction of sp³-hybridized carbons (Fsp3) is 0.111. The maximum absolute atomic E-state index is 10.6. The molecule has 0 aromatic carbocycles. The van der Waals surface area contributed by atoms with E-state index in [2.05, 4.69) is 9.97 Å². The van der Waals surface area contributed by atoms with Crippen LogP contribution in [0.25, 0.3) is 0 Å². The zero-order valence-corrected chi connectivity index (χ0v) is 10.4. The third kappa shape index (κ3) is 2.71. The molecule has 0 bridgehead atoms. The quantitative estimate of drug-likeness (QED) is 0.678. The monoisotopic (exact) mass is 268 g/mol. The van der Waals surface area contributed by atoms with Gasteiger partial charge in [0.1, 0.15) is 5.03 Å². The minimum absolute atomic E-state index is 0.0757. The maximum Gasteiger partial charge on any atom is 0.311 e. The number of nitrogens with zero attached hydrogens (tertiary/aromatic N) is 3. The van der Waals surface area contributed by atoms with Gasteiger partial charge in [0.25, 0.3) is 0 Å². The molecule has 88 valence electrons. The molecule has 0 spiro atoms. The summed E-state index contributed by atoms with van der Waals surface area (Å²) in [6, 6.07) is 2.92. The topological polar surface area (TPSA) is 94.9 Å². The molecule has 0 saturated heterocycles. The van der Waals surface area contributed by atoms with E-state index in [1.165, 1.54) is 29.2 Å². The van der Waals surface area contributed by atoms with E-state index in [0.29, 0.717) is 5.03 Å². The van der Waals surface area contributed by atoms with Crippen molar-refractivity contribution >= 4 is 34.6 Å². The van der Waals surface area contributed by atoms with Crippen molar-refractivity contribution in [1.29, 1.82) is 0 Å². The highest BCUT2D eigenvalue weighted by Gasteiger charge is 2.13. The lowest BCUT2D eigenvalue weighted by molar-refractivity contribution is -0.384. The van der Waals surface area contributed by atoms with Gasteiger partial charge >= 0.3 is 5.69 Å². The third-order valence-corrected chi connectivity index (χ3v) is 3.86. The summed E-state index contributed by atoms with van der Waals surface area (Å²) in [5.74, 6) is -0.0757. The molecule has 0 unspecified atom stereocenters. The second kappa shape index (κ2) is 4.68. The van der Waals surface area contributed by atoms with Crippen LogP contribution in [0, 0.1) is 17.0 Å². The smallest absolute Gasteiger partial charge is 0.311 e. The van der Waals surface area contributed by atoms with Gasteiger partial charge in [-0.15, -0.1) is 11.3 Å². The Morgan fingerprint density at radius 3 is 2.76 bits per heavy atom. The standard InChI is InChI=1S/C9H8N4O2S2/c1-5-4-16-9(11-5)17-7-3-2-6(13(14)15)8(10)12-7/h2-4H,1H3,(H2,10,12). The van der Waals surface area contributed by atoms with E-state index in [9.17, 15) is 10.1 Å². The first kappa shape index (κ1) is 11.8. The second-order valence-electron chi connectivity index (χ2n) is 3.17. The lowest BCUT2D eigenvalue weighted by atomic mass is 10.4. The van der Waals surface area contributed by atoms with Gasteiger partial charge < -0.3 is 5.73 Å². The number of anilines is 1. The number of nitro groups is 1. The molecule has 6 nitrogen and oxygen atoms in total. The summed E-state index contributed by atoms with van der Waals surface area (Å²) in [4.78, 5) is 18.2. The summed E-state index contributed by atoms with van der Waals surface area (Å²) >= 11 is 2.83. The zero-order valence-electron chi connectivity index (χ0n) is 8.78. The number of hydrogen-bond donors (Lipinski definition) is 1. The van der Waals surface area contributed by atoms with Crippen molar-refractivity contribution in [3.63, 3.8) is 0 Å². The normalized spacial score (nSPS) is 10.4. The van der Waals surface area contributed by atoms with E-state index in [1.807, 2.05) is 12.3 Å². The summed E-state index contributed by atoms with van der Waals surface area (Å²) in [5, 5.41) is 13.1. The number of aryl methyl sites for hydroxylation is 1. The number of nitrogens with two attached hydrogens (primary N) is 1. The summed E-state index contributed by atoms with van der Waals surface area (Å²) in [7, 11) is 0. The summed E-state index contributed by atoms with van der Waals surface area (Å²) in [5.41, 5.74) is 6.26. The molecule has 17 heavy (non-hydrogen) atoms. The van der Waals surface area contributed by atoms with Gasteiger partial charge in [0.15, 0.2) is 4.34 Å². The first-order chi connectivity index (χ1) is 8.06. The Balaban J connectivity index is 2.23. The van der Waals surface area contributed by atoms with Crippen LogP contribution in [0.2, 0.25) is 0 Å². The zero-order chi connectivity index (χ0) is 12.4. The molecule has 0 atom stereocenters. The van der Waals surface area contributed by atoms with Gasteiger partial charge in [-0.05, 0) is 24.8 Å². The molecule has 2 rings (SSSR count). The molecule has 0 amide bonds. The number of nitrogen functional groups attached to an aromatic ring is 1. The number of pyridine rings is 1. The van der Waals surface area contributed by atoms with Crippen molar-refractivity contribution in [1.82, 2.24) is 9.97 Å². The average molecular weight is 268 g/mol. The molecule has 8 heteroatoms. The van der Waals surface area contributed by atoms with Crippen LogP contribution >= 0.6 is 23.1 Å². The van der Waals surface area contributed by atoms with Gasteiger partial charge in [0.2, 0.25) is 5.82 Å². The molecule has 0 radical (unpaired) electrons. The third-order valence-electron chi connectivity index (χ3n) is 1.86. The molecule has 2 aromatic heterocycles.